The van der Waals surface area contributed by atoms with Crippen LogP contribution in [0, 0.1) is 12.3 Å². The molecule has 0 atom stereocenters. The van der Waals surface area contributed by atoms with E-state index in [1.807, 2.05) is 31.4 Å². The summed E-state index contributed by atoms with van der Waals surface area (Å²) in [5.41, 5.74) is 6.45. The smallest absolute Gasteiger partial charge is 0.179 e. The third-order valence-electron chi connectivity index (χ3n) is 2.18. The van der Waals surface area contributed by atoms with Crippen LogP contribution in [0.3, 0.4) is 0 Å². The average molecular weight is 296 g/mol. The number of amidine groups is 1. The molecule has 1 aromatic carbocycles. The Kier molecular flexibility index (Phi) is 4.26. The summed E-state index contributed by atoms with van der Waals surface area (Å²) in [6, 6.07) is 5.89. The number of aromatic nitrogens is 2. The SMILES string of the molecule is CSc1cccc(Sc2nnc(C)s2)c1C(=N)N. The van der Waals surface area contributed by atoms with Crippen LogP contribution >= 0.6 is 34.9 Å². The van der Waals surface area contributed by atoms with Gasteiger partial charge in [-0.25, -0.2) is 0 Å². The van der Waals surface area contributed by atoms with Crippen LogP contribution in [0.25, 0.3) is 0 Å². The molecule has 4 nitrogen and oxygen atoms in total. The monoisotopic (exact) mass is 296 g/mol. The molecule has 0 radical (unpaired) electrons. The molecule has 7 heteroatoms. The van der Waals surface area contributed by atoms with Crippen molar-refractivity contribution in [3.05, 3.63) is 28.8 Å². The summed E-state index contributed by atoms with van der Waals surface area (Å²) in [5.74, 6) is 0.0867. The molecule has 0 aliphatic carbocycles. The highest BCUT2D eigenvalue weighted by Crippen LogP contribution is 2.35. The fourth-order valence-corrected chi connectivity index (χ4v) is 4.10. The molecule has 0 saturated carbocycles. The lowest BCUT2D eigenvalue weighted by Crippen LogP contribution is -2.13. The first-order chi connectivity index (χ1) is 8.61. The van der Waals surface area contributed by atoms with E-state index in [0.717, 1.165) is 24.7 Å². The van der Waals surface area contributed by atoms with Crippen molar-refractivity contribution in [2.45, 2.75) is 21.1 Å². The molecule has 0 aliphatic rings. The van der Waals surface area contributed by atoms with Crippen molar-refractivity contribution in [3.63, 3.8) is 0 Å². The van der Waals surface area contributed by atoms with Crippen LogP contribution in [0.4, 0.5) is 0 Å². The third kappa shape index (κ3) is 2.85. The standard InChI is InChI=1S/C11H12N4S3/c1-6-14-15-11(17-6)18-8-5-3-4-7(16-2)9(8)10(12)13/h3-5H,1-2H3,(H3,12,13). The minimum Gasteiger partial charge on any atom is -0.384 e. The van der Waals surface area contributed by atoms with Crippen LogP contribution in [0.2, 0.25) is 0 Å². The quantitative estimate of drug-likeness (QED) is 0.515. The maximum absolute atomic E-state index is 7.71. The lowest BCUT2D eigenvalue weighted by molar-refractivity contribution is 0.983. The minimum absolute atomic E-state index is 0.0867. The molecule has 0 amide bonds. The van der Waals surface area contributed by atoms with Gasteiger partial charge >= 0.3 is 0 Å². The number of hydrogen-bond donors (Lipinski definition) is 2. The molecule has 3 N–H and O–H groups in total. The second kappa shape index (κ2) is 5.73. The Morgan fingerprint density at radius 3 is 2.61 bits per heavy atom. The number of hydrogen-bond acceptors (Lipinski definition) is 6. The van der Waals surface area contributed by atoms with Gasteiger partial charge in [0.05, 0.1) is 0 Å². The van der Waals surface area contributed by atoms with E-state index in [0.29, 0.717) is 0 Å². The van der Waals surface area contributed by atoms with E-state index in [1.165, 1.54) is 23.1 Å². The predicted molar refractivity (Wildman–Crippen MR) is 78.0 cm³/mol. The normalized spacial score (nSPS) is 10.6. The zero-order valence-corrected chi connectivity index (χ0v) is 12.4. The van der Waals surface area contributed by atoms with E-state index in [4.69, 9.17) is 11.1 Å². The Hall–Kier alpha value is -1.05. The molecule has 0 fully saturated rings. The van der Waals surface area contributed by atoms with Crippen molar-refractivity contribution in [3.8, 4) is 0 Å². The molecular weight excluding hydrogens is 284 g/mol. The van der Waals surface area contributed by atoms with E-state index < -0.39 is 0 Å². The molecule has 2 aromatic rings. The number of nitrogens with two attached hydrogens (primary N) is 1. The van der Waals surface area contributed by atoms with E-state index in [1.54, 1.807) is 11.8 Å². The van der Waals surface area contributed by atoms with Crippen LogP contribution < -0.4 is 5.73 Å². The first-order valence-corrected chi connectivity index (χ1v) is 7.97. The fraction of sp³-hybridized carbons (Fsp3) is 0.182. The highest BCUT2D eigenvalue weighted by molar-refractivity contribution is 8.01. The molecule has 94 valence electrons. The maximum atomic E-state index is 7.71. The lowest BCUT2D eigenvalue weighted by Gasteiger charge is -2.10. The summed E-state index contributed by atoms with van der Waals surface area (Å²) >= 11 is 4.63. The van der Waals surface area contributed by atoms with Crippen molar-refractivity contribution < 1.29 is 0 Å². The van der Waals surface area contributed by atoms with Gasteiger partial charge in [0.2, 0.25) is 0 Å². The molecule has 0 bridgehead atoms. The summed E-state index contributed by atoms with van der Waals surface area (Å²) in [7, 11) is 0. The molecule has 0 spiro atoms. The number of nitrogen functional groups attached to an aromatic ring is 1. The van der Waals surface area contributed by atoms with Gasteiger partial charge in [-0.15, -0.1) is 22.0 Å². The Morgan fingerprint density at radius 1 is 1.33 bits per heavy atom. The summed E-state index contributed by atoms with van der Waals surface area (Å²) < 4.78 is 0.869. The number of thioether (sulfide) groups is 1. The summed E-state index contributed by atoms with van der Waals surface area (Å²) in [6.07, 6.45) is 1.98. The maximum Gasteiger partial charge on any atom is 0.179 e. The largest absolute Gasteiger partial charge is 0.384 e. The minimum atomic E-state index is 0.0867. The first-order valence-electron chi connectivity index (χ1n) is 5.11. The highest BCUT2D eigenvalue weighted by Gasteiger charge is 2.13. The predicted octanol–water partition coefficient (Wildman–Crippen LogP) is 3.00. The fourth-order valence-electron chi connectivity index (χ4n) is 1.45. The zero-order valence-electron chi connectivity index (χ0n) is 9.93. The van der Waals surface area contributed by atoms with E-state index >= 15 is 0 Å². The molecule has 0 aliphatic heterocycles. The zero-order chi connectivity index (χ0) is 13.1. The average Bonchev–Trinajstić information content (AvgIpc) is 2.74. The number of nitrogens with zero attached hydrogens (tertiary/aromatic N) is 2. The van der Waals surface area contributed by atoms with Gasteiger partial charge in [0.1, 0.15) is 10.8 Å². The molecule has 0 saturated heterocycles. The van der Waals surface area contributed by atoms with Crippen molar-refractivity contribution in [1.82, 2.24) is 10.2 Å². The Bertz CT molecular complexity index is 579. The molecule has 1 heterocycles. The van der Waals surface area contributed by atoms with Gasteiger partial charge < -0.3 is 5.73 Å². The third-order valence-corrected chi connectivity index (χ3v) is 4.91. The van der Waals surface area contributed by atoms with Crippen LogP contribution in [-0.2, 0) is 0 Å². The van der Waals surface area contributed by atoms with Gasteiger partial charge in [0, 0.05) is 15.4 Å². The highest BCUT2D eigenvalue weighted by atomic mass is 32.2. The van der Waals surface area contributed by atoms with Crippen molar-refractivity contribution in [2.24, 2.45) is 5.73 Å². The molecule has 0 unspecified atom stereocenters. The second-order valence-corrected chi connectivity index (χ2v) is 6.75. The van der Waals surface area contributed by atoms with E-state index in [-0.39, 0.29) is 5.84 Å². The van der Waals surface area contributed by atoms with Gasteiger partial charge in [0.15, 0.2) is 4.34 Å². The number of rotatable bonds is 4. The summed E-state index contributed by atoms with van der Waals surface area (Å²) in [6.45, 7) is 1.92. The Morgan fingerprint density at radius 2 is 2.06 bits per heavy atom. The van der Waals surface area contributed by atoms with Crippen LogP contribution in [0.1, 0.15) is 10.6 Å². The van der Waals surface area contributed by atoms with Crippen molar-refractivity contribution in [1.29, 1.82) is 5.41 Å². The molecule has 18 heavy (non-hydrogen) atoms. The topological polar surface area (TPSA) is 75.7 Å². The first kappa shape index (κ1) is 13.4. The van der Waals surface area contributed by atoms with E-state index in [9.17, 15) is 0 Å². The van der Waals surface area contributed by atoms with E-state index in [2.05, 4.69) is 10.2 Å². The van der Waals surface area contributed by atoms with Gasteiger partial charge in [0.25, 0.3) is 0 Å². The van der Waals surface area contributed by atoms with Crippen LogP contribution in [0.5, 0.6) is 0 Å². The van der Waals surface area contributed by atoms with Crippen LogP contribution in [-0.4, -0.2) is 22.3 Å². The van der Waals surface area contributed by atoms with Gasteiger partial charge in [-0.2, -0.15) is 0 Å². The Balaban J connectivity index is 2.41. The van der Waals surface area contributed by atoms with Gasteiger partial charge in [-0.05, 0) is 25.3 Å². The van der Waals surface area contributed by atoms with Crippen molar-refractivity contribution >= 4 is 40.7 Å². The van der Waals surface area contributed by atoms with Crippen molar-refractivity contribution in [2.75, 3.05) is 6.26 Å². The number of nitrogens with one attached hydrogen (secondary N) is 1. The lowest BCUT2D eigenvalue weighted by atomic mass is 10.2. The number of aryl methyl sites for hydroxylation is 1. The van der Waals surface area contributed by atoms with Crippen LogP contribution in [0.15, 0.2) is 32.3 Å². The second-order valence-electron chi connectivity index (χ2n) is 3.44. The molecule has 1 aromatic heterocycles. The molecular formula is C11H12N4S3. The Labute approximate surface area is 118 Å². The van der Waals surface area contributed by atoms with Gasteiger partial charge in [-0.1, -0.05) is 29.2 Å². The summed E-state index contributed by atoms with van der Waals surface area (Å²) in [4.78, 5) is 1.96. The summed E-state index contributed by atoms with van der Waals surface area (Å²) in [5, 5.41) is 16.7. The molecule has 2 rings (SSSR count). The number of benzene rings is 1. The van der Waals surface area contributed by atoms with Gasteiger partial charge in [-0.3, -0.25) is 5.41 Å².